The van der Waals surface area contributed by atoms with Crippen LogP contribution in [0.25, 0.3) is 0 Å². The van der Waals surface area contributed by atoms with E-state index in [1.807, 2.05) is 7.05 Å². The summed E-state index contributed by atoms with van der Waals surface area (Å²) in [4.78, 5) is 10.0. The van der Waals surface area contributed by atoms with Gasteiger partial charge < -0.3 is 10.4 Å². The largest absolute Gasteiger partial charge is 0.481 e. The van der Waals surface area contributed by atoms with E-state index in [4.69, 9.17) is 5.11 Å². The fourth-order valence-electron chi connectivity index (χ4n) is 0.801. The van der Waals surface area contributed by atoms with Gasteiger partial charge in [-0.05, 0) is 19.3 Å². The molecule has 0 aromatic heterocycles. The van der Waals surface area contributed by atoms with Gasteiger partial charge in [0.15, 0.2) is 0 Å². The van der Waals surface area contributed by atoms with Crippen molar-refractivity contribution in [3.63, 3.8) is 0 Å². The van der Waals surface area contributed by atoms with Crippen LogP contribution < -0.4 is 5.32 Å². The first kappa shape index (κ1) is 9.43. The number of quaternary nitrogens is 1. The van der Waals surface area contributed by atoms with Crippen LogP contribution in [0, 0.1) is 0 Å². The smallest absolute Gasteiger partial charge is 0.303 e. The molecule has 3 heteroatoms. The molecule has 0 aliphatic rings. The molecular weight excluding hydrogens is 130 g/mol. The molecule has 60 valence electrons. The Kier molecular flexibility index (Phi) is 6.18. The minimum Gasteiger partial charge on any atom is -0.481 e. The molecule has 0 amide bonds. The number of rotatable bonds is 6. The molecule has 0 saturated heterocycles. The second-order valence-electron chi connectivity index (χ2n) is 2.40. The third kappa shape index (κ3) is 7.43. The van der Waals surface area contributed by atoms with E-state index in [1.54, 1.807) is 0 Å². The molecule has 0 atom stereocenters. The summed E-state index contributed by atoms with van der Waals surface area (Å²) in [7, 11) is 2.02. The predicted molar refractivity (Wildman–Crippen MR) is 38.8 cm³/mol. The minimum atomic E-state index is -0.680. The van der Waals surface area contributed by atoms with Crippen molar-refractivity contribution in [1.82, 2.24) is 0 Å². The first-order chi connectivity index (χ1) is 4.77. The summed E-state index contributed by atoms with van der Waals surface area (Å²) >= 11 is 0. The topological polar surface area (TPSA) is 53.9 Å². The van der Waals surface area contributed by atoms with E-state index in [0.717, 1.165) is 25.8 Å². The molecule has 10 heavy (non-hydrogen) atoms. The van der Waals surface area contributed by atoms with Crippen molar-refractivity contribution >= 4 is 5.97 Å². The Balaban J connectivity index is 2.84. The number of aliphatic carboxylic acids is 1. The highest BCUT2D eigenvalue weighted by atomic mass is 16.4. The number of hydrogen-bond acceptors (Lipinski definition) is 1. The van der Waals surface area contributed by atoms with Gasteiger partial charge in [0.1, 0.15) is 0 Å². The first-order valence-corrected chi connectivity index (χ1v) is 3.77. The molecule has 0 aliphatic heterocycles. The summed E-state index contributed by atoms with van der Waals surface area (Å²) in [6.45, 7) is 1.11. The molecule has 3 nitrogen and oxygen atoms in total. The molecule has 0 saturated carbocycles. The van der Waals surface area contributed by atoms with E-state index in [1.165, 1.54) is 0 Å². The van der Waals surface area contributed by atoms with Crippen molar-refractivity contribution in [3.05, 3.63) is 0 Å². The Labute approximate surface area is 61.4 Å². The van der Waals surface area contributed by atoms with Crippen molar-refractivity contribution in [3.8, 4) is 0 Å². The van der Waals surface area contributed by atoms with E-state index in [-0.39, 0.29) is 0 Å². The second kappa shape index (κ2) is 6.55. The maximum atomic E-state index is 10.0. The quantitative estimate of drug-likeness (QED) is 0.511. The Morgan fingerprint density at radius 2 is 2.10 bits per heavy atom. The number of carboxylic acids is 1. The lowest BCUT2D eigenvalue weighted by atomic mass is 10.2. The summed E-state index contributed by atoms with van der Waals surface area (Å²) in [6.07, 6.45) is 3.31. The van der Waals surface area contributed by atoms with Crippen molar-refractivity contribution in [1.29, 1.82) is 0 Å². The van der Waals surface area contributed by atoms with Crippen molar-refractivity contribution in [2.45, 2.75) is 25.7 Å². The Morgan fingerprint density at radius 3 is 2.60 bits per heavy atom. The summed E-state index contributed by atoms with van der Waals surface area (Å²) in [6, 6.07) is 0. The van der Waals surface area contributed by atoms with E-state index < -0.39 is 5.97 Å². The molecule has 0 aliphatic carbocycles. The van der Waals surface area contributed by atoms with Crippen LogP contribution in [0.5, 0.6) is 0 Å². The standard InChI is InChI=1S/C7H15NO2/c1-8-6-4-2-3-5-7(9)10/h8H,2-6H2,1H3,(H,9,10)/p+1. The van der Waals surface area contributed by atoms with Crippen LogP contribution in [0.4, 0.5) is 0 Å². The third-order valence-electron chi connectivity index (χ3n) is 1.38. The molecule has 0 unspecified atom stereocenters. The predicted octanol–water partition coefficient (Wildman–Crippen LogP) is -0.175. The average molecular weight is 146 g/mol. The maximum absolute atomic E-state index is 10.0. The van der Waals surface area contributed by atoms with Gasteiger partial charge >= 0.3 is 5.97 Å². The van der Waals surface area contributed by atoms with Gasteiger partial charge in [-0.1, -0.05) is 0 Å². The normalized spacial score (nSPS) is 9.70. The van der Waals surface area contributed by atoms with Crippen LogP contribution >= 0.6 is 0 Å². The van der Waals surface area contributed by atoms with Gasteiger partial charge in [-0.15, -0.1) is 0 Å². The average Bonchev–Trinajstić information content (AvgIpc) is 1.87. The SMILES string of the molecule is C[NH2+]CCCCCC(=O)O. The monoisotopic (exact) mass is 146 g/mol. The highest BCUT2D eigenvalue weighted by Gasteiger charge is 1.95. The summed E-state index contributed by atoms with van der Waals surface area (Å²) in [5.74, 6) is -0.680. The fraction of sp³-hybridized carbons (Fsp3) is 0.857. The van der Waals surface area contributed by atoms with Crippen LogP contribution in [-0.2, 0) is 4.79 Å². The van der Waals surface area contributed by atoms with Gasteiger partial charge in [-0.25, -0.2) is 0 Å². The highest BCUT2D eigenvalue weighted by molar-refractivity contribution is 5.66. The molecule has 0 aromatic rings. The van der Waals surface area contributed by atoms with Gasteiger partial charge in [-0.2, -0.15) is 0 Å². The van der Waals surface area contributed by atoms with Crippen molar-refractivity contribution in [2.24, 2.45) is 0 Å². The molecule has 0 fully saturated rings. The lowest BCUT2D eigenvalue weighted by Crippen LogP contribution is -2.79. The summed E-state index contributed by atoms with van der Waals surface area (Å²) in [5, 5.41) is 10.4. The molecule has 0 spiro atoms. The van der Waals surface area contributed by atoms with E-state index in [0.29, 0.717) is 6.42 Å². The summed E-state index contributed by atoms with van der Waals surface area (Å²) in [5.41, 5.74) is 0. The lowest BCUT2D eigenvalue weighted by molar-refractivity contribution is -0.627. The zero-order chi connectivity index (χ0) is 7.82. The van der Waals surface area contributed by atoms with Gasteiger partial charge in [0.2, 0.25) is 0 Å². The Morgan fingerprint density at radius 1 is 1.40 bits per heavy atom. The third-order valence-corrected chi connectivity index (χ3v) is 1.38. The van der Waals surface area contributed by atoms with Gasteiger partial charge in [-0.3, -0.25) is 4.79 Å². The number of carbonyl (C=O) groups is 1. The molecular formula is C7H16NO2+. The molecule has 0 aromatic carbocycles. The fourth-order valence-corrected chi connectivity index (χ4v) is 0.801. The van der Waals surface area contributed by atoms with Gasteiger partial charge in [0, 0.05) is 6.42 Å². The number of nitrogens with two attached hydrogens (primary N) is 1. The molecule has 0 heterocycles. The number of hydrogen-bond donors (Lipinski definition) is 2. The van der Waals surface area contributed by atoms with Crippen LogP contribution in [0.2, 0.25) is 0 Å². The van der Waals surface area contributed by atoms with Gasteiger partial charge in [0.05, 0.1) is 13.6 Å². The number of unbranched alkanes of at least 4 members (excludes halogenated alkanes) is 2. The Bertz CT molecular complexity index is 93.6. The zero-order valence-corrected chi connectivity index (χ0v) is 6.47. The minimum absolute atomic E-state index is 0.323. The van der Waals surface area contributed by atoms with Crippen molar-refractivity contribution in [2.75, 3.05) is 13.6 Å². The highest BCUT2D eigenvalue weighted by Crippen LogP contribution is 1.96. The van der Waals surface area contributed by atoms with E-state index in [2.05, 4.69) is 5.32 Å². The van der Waals surface area contributed by atoms with E-state index in [9.17, 15) is 4.79 Å². The van der Waals surface area contributed by atoms with Gasteiger partial charge in [0.25, 0.3) is 0 Å². The van der Waals surface area contributed by atoms with Crippen LogP contribution in [0.1, 0.15) is 25.7 Å². The van der Waals surface area contributed by atoms with Crippen LogP contribution in [0.15, 0.2) is 0 Å². The van der Waals surface area contributed by atoms with E-state index >= 15 is 0 Å². The molecule has 0 radical (unpaired) electrons. The second-order valence-corrected chi connectivity index (χ2v) is 2.40. The van der Waals surface area contributed by atoms with Crippen LogP contribution in [0.3, 0.4) is 0 Å². The first-order valence-electron chi connectivity index (χ1n) is 3.77. The lowest BCUT2D eigenvalue weighted by Gasteiger charge is -1.94. The summed E-state index contributed by atoms with van der Waals surface area (Å²) < 4.78 is 0. The van der Waals surface area contributed by atoms with Crippen LogP contribution in [-0.4, -0.2) is 24.7 Å². The molecule has 0 rings (SSSR count). The Hall–Kier alpha value is -0.570. The molecule has 0 bridgehead atoms. The number of carboxylic acid groups (broad SMARTS) is 1. The molecule has 3 N–H and O–H groups in total. The zero-order valence-electron chi connectivity index (χ0n) is 6.47. The maximum Gasteiger partial charge on any atom is 0.303 e. The van der Waals surface area contributed by atoms with Crippen molar-refractivity contribution < 1.29 is 15.2 Å².